The zero-order valence-corrected chi connectivity index (χ0v) is 6.27. The summed E-state index contributed by atoms with van der Waals surface area (Å²) in [6.45, 7) is 3.37. The summed E-state index contributed by atoms with van der Waals surface area (Å²) in [5.41, 5.74) is 2.54. The van der Waals surface area contributed by atoms with Gasteiger partial charge in [0.05, 0.1) is 0 Å². The van der Waals surface area contributed by atoms with Gasteiger partial charge in [0.25, 0.3) is 0 Å². The molecule has 0 saturated heterocycles. The van der Waals surface area contributed by atoms with Crippen LogP contribution in [-0.2, 0) is 0 Å². The Morgan fingerprint density at radius 2 is 2.60 bits per heavy atom. The van der Waals surface area contributed by atoms with Gasteiger partial charge in [-0.05, 0) is 17.5 Å². The molecular weight excluding hydrogens is 144 g/mol. The molecule has 0 aliphatic rings. The smallest absolute Gasteiger partial charge is 0.114 e. The molecule has 0 bridgehead atoms. The van der Waals surface area contributed by atoms with Gasteiger partial charge in [-0.1, -0.05) is 12.6 Å². The van der Waals surface area contributed by atoms with Gasteiger partial charge < -0.3 is 5.11 Å². The molecule has 1 aromatic heterocycles. The predicted octanol–water partition coefficient (Wildman–Crippen LogP) is 2.12. The van der Waals surface area contributed by atoms with E-state index in [1.165, 1.54) is 17.4 Å². The van der Waals surface area contributed by atoms with Crippen LogP contribution in [0.4, 0.5) is 0 Å². The van der Waals surface area contributed by atoms with E-state index in [-0.39, 0.29) is 0 Å². The third kappa shape index (κ3) is 1.58. The second kappa shape index (κ2) is 3.37. The van der Waals surface area contributed by atoms with E-state index in [1.807, 2.05) is 17.5 Å². The molecule has 0 unspecified atom stereocenters. The highest BCUT2D eigenvalue weighted by molar-refractivity contribution is 7.10. The fourth-order valence-electron chi connectivity index (χ4n) is 0.653. The summed E-state index contributed by atoms with van der Waals surface area (Å²) in [6, 6.07) is 3.78. The van der Waals surface area contributed by atoms with Crippen molar-refractivity contribution in [2.24, 2.45) is 0 Å². The molecule has 1 nitrogen and oxygen atoms in total. The fourth-order valence-corrected chi connectivity index (χ4v) is 1.33. The van der Waals surface area contributed by atoms with Crippen LogP contribution in [0, 0.1) is 0 Å². The lowest BCUT2D eigenvalue weighted by Gasteiger charge is -1.97. The Labute approximate surface area is 63.9 Å². The normalized spacial score (nSPS) is 12.1. The molecular formula is C8H8OS. The Bertz CT molecular complexity index is 232. The summed E-state index contributed by atoms with van der Waals surface area (Å²) in [7, 11) is 0. The van der Waals surface area contributed by atoms with Crippen LogP contribution in [0.2, 0.25) is 0 Å². The molecule has 2 heteroatoms. The predicted molar refractivity (Wildman–Crippen MR) is 43.0 cm³/mol. The molecule has 0 aromatic carbocycles. The zero-order chi connectivity index (χ0) is 7.40. The quantitative estimate of drug-likeness (QED) is 0.643. The van der Waals surface area contributed by atoms with Gasteiger partial charge >= 0.3 is 0 Å². The molecule has 0 amide bonds. The molecule has 0 fully saturated rings. The second-order valence-corrected chi connectivity index (χ2v) is 2.81. The lowest BCUT2D eigenvalue weighted by molar-refractivity contribution is 0.233. The number of aliphatic hydroxyl groups excluding tert-OH is 1. The molecule has 1 aromatic rings. The number of hydrogen-bond acceptors (Lipinski definition) is 2. The number of rotatable bonds is 2. The summed E-state index contributed by atoms with van der Waals surface area (Å²) < 4.78 is 0. The second-order valence-electron chi connectivity index (χ2n) is 1.83. The molecule has 1 N–H and O–H groups in total. The van der Waals surface area contributed by atoms with Gasteiger partial charge in [-0.2, -0.15) is 0 Å². The van der Waals surface area contributed by atoms with Gasteiger partial charge in [0.15, 0.2) is 0 Å². The topological polar surface area (TPSA) is 20.2 Å². The first-order valence-electron chi connectivity index (χ1n) is 2.92. The van der Waals surface area contributed by atoms with Crippen molar-refractivity contribution in [3.63, 3.8) is 0 Å². The summed E-state index contributed by atoms with van der Waals surface area (Å²) in [4.78, 5) is 0.927. The first-order chi connectivity index (χ1) is 4.84. The summed E-state index contributed by atoms with van der Waals surface area (Å²) in [5.74, 6) is 0. The van der Waals surface area contributed by atoms with Gasteiger partial charge in [-0.15, -0.1) is 17.1 Å². The Kier molecular flexibility index (Phi) is 2.46. The summed E-state index contributed by atoms with van der Waals surface area (Å²) in [6.07, 6.45) is 1.00. The molecule has 0 radical (unpaired) electrons. The molecule has 0 aliphatic carbocycles. The van der Waals surface area contributed by atoms with Crippen molar-refractivity contribution in [1.82, 2.24) is 0 Å². The van der Waals surface area contributed by atoms with Crippen molar-refractivity contribution in [3.05, 3.63) is 40.8 Å². The highest BCUT2D eigenvalue weighted by Crippen LogP contribution is 2.18. The van der Waals surface area contributed by atoms with E-state index in [1.54, 1.807) is 0 Å². The Balaban J connectivity index is 2.76. The van der Waals surface area contributed by atoms with Crippen molar-refractivity contribution in [2.45, 2.75) is 6.10 Å². The molecule has 1 heterocycles. The van der Waals surface area contributed by atoms with Crippen molar-refractivity contribution in [2.75, 3.05) is 0 Å². The minimum atomic E-state index is -0.530. The van der Waals surface area contributed by atoms with E-state index < -0.39 is 6.10 Å². The van der Waals surface area contributed by atoms with E-state index >= 15 is 0 Å². The average Bonchev–Trinajstić information content (AvgIpc) is 2.38. The highest BCUT2D eigenvalue weighted by Gasteiger charge is 2.01. The maximum atomic E-state index is 9.26. The van der Waals surface area contributed by atoms with Gasteiger partial charge in [0.2, 0.25) is 0 Å². The molecule has 0 aliphatic heterocycles. The van der Waals surface area contributed by atoms with Crippen LogP contribution in [0.25, 0.3) is 0 Å². The highest BCUT2D eigenvalue weighted by atomic mass is 32.1. The lowest BCUT2D eigenvalue weighted by atomic mass is 10.3. The maximum Gasteiger partial charge on any atom is 0.114 e. The SMILES string of the molecule is C=C=C[C@@H](O)c1cccs1. The first kappa shape index (κ1) is 7.29. The average molecular weight is 152 g/mol. The van der Waals surface area contributed by atoms with Gasteiger partial charge in [0, 0.05) is 4.88 Å². The Morgan fingerprint density at radius 3 is 3.10 bits per heavy atom. The molecule has 52 valence electrons. The Morgan fingerprint density at radius 1 is 1.80 bits per heavy atom. The van der Waals surface area contributed by atoms with Gasteiger partial charge in [-0.25, -0.2) is 0 Å². The van der Waals surface area contributed by atoms with Crippen molar-refractivity contribution < 1.29 is 5.11 Å². The van der Waals surface area contributed by atoms with Crippen LogP contribution in [0.15, 0.2) is 35.9 Å². The third-order valence-electron chi connectivity index (χ3n) is 1.11. The third-order valence-corrected chi connectivity index (χ3v) is 2.05. The van der Waals surface area contributed by atoms with Crippen molar-refractivity contribution >= 4 is 11.3 Å². The van der Waals surface area contributed by atoms with Crippen LogP contribution < -0.4 is 0 Å². The molecule has 0 saturated carbocycles. The van der Waals surface area contributed by atoms with E-state index in [0.29, 0.717) is 0 Å². The standard InChI is InChI=1S/C8H8OS/c1-2-4-7(9)8-5-3-6-10-8/h3-7,9H,1H2/t7-/m1/s1. The summed E-state index contributed by atoms with van der Waals surface area (Å²) >= 11 is 1.52. The zero-order valence-electron chi connectivity index (χ0n) is 5.45. The van der Waals surface area contributed by atoms with Gasteiger partial charge in [0.1, 0.15) is 6.10 Å². The molecule has 10 heavy (non-hydrogen) atoms. The largest absolute Gasteiger partial charge is 0.383 e. The molecule has 1 atom stereocenters. The minimum Gasteiger partial charge on any atom is -0.383 e. The lowest BCUT2D eigenvalue weighted by Crippen LogP contribution is -1.86. The van der Waals surface area contributed by atoms with Crippen molar-refractivity contribution in [3.8, 4) is 0 Å². The van der Waals surface area contributed by atoms with Gasteiger partial charge in [-0.3, -0.25) is 0 Å². The van der Waals surface area contributed by atoms with E-state index in [0.717, 1.165) is 4.88 Å². The number of aliphatic hydroxyl groups is 1. The van der Waals surface area contributed by atoms with E-state index in [2.05, 4.69) is 12.3 Å². The Hall–Kier alpha value is -0.820. The van der Waals surface area contributed by atoms with Crippen molar-refractivity contribution in [1.29, 1.82) is 0 Å². The maximum absolute atomic E-state index is 9.26. The molecule has 1 rings (SSSR count). The van der Waals surface area contributed by atoms with E-state index in [9.17, 15) is 5.11 Å². The monoisotopic (exact) mass is 152 g/mol. The first-order valence-corrected chi connectivity index (χ1v) is 3.80. The van der Waals surface area contributed by atoms with E-state index in [4.69, 9.17) is 0 Å². The molecule has 0 spiro atoms. The minimum absolute atomic E-state index is 0.530. The summed E-state index contributed by atoms with van der Waals surface area (Å²) in [5, 5.41) is 11.2. The number of thiophene rings is 1. The van der Waals surface area contributed by atoms with Crippen LogP contribution >= 0.6 is 11.3 Å². The van der Waals surface area contributed by atoms with Crippen LogP contribution in [0.3, 0.4) is 0 Å². The van der Waals surface area contributed by atoms with Crippen LogP contribution in [0.5, 0.6) is 0 Å². The number of hydrogen-bond donors (Lipinski definition) is 1. The fraction of sp³-hybridized carbons (Fsp3) is 0.125. The van der Waals surface area contributed by atoms with Crippen LogP contribution in [0.1, 0.15) is 11.0 Å². The van der Waals surface area contributed by atoms with Crippen LogP contribution in [-0.4, -0.2) is 5.11 Å².